The van der Waals surface area contributed by atoms with Gasteiger partial charge in [-0.05, 0) is 35.7 Å². The molecule has 1 aliphatic heterocycles. The Hall–Kier alpha value is -2.20. The first-order valence-corrected chi connectivity index (χ1v) is 6.09. The molecule has 2 aromatic rings. The molecule has 0 radical (unpaired) electrons. The molecule has 0 bridgehead atoms. The third-order valence-corrected chi connectivity index (χ3v) is 3.40. The highest BCUT2D eigenvalue weighted by Crippen LogP contribution is 2.37. The van der Waals surface area contributed by atoms with Gasteiger partial charge in [0.25, 0.3) is 0 Å². The summed E-state index contributed by atoms with van der Waals surface area (Å²) >= 11 is 0. The Morgan fingerprint density at radius 3 is 2.37 bits per heavy atom. The van der Waals surface area contributed by atoms with Crippen molar-refractivity contribution in [3.8, 4) is 17.2 Å². The van der Waals surface area contributed by atoms with Gasteiger partial charge in [0.1, 0.15) is 17.2 Å². The lowest BCUT2D eigenvalue weighted by atomic mass is 9.89. The Kier molecular flexibility index (Phi) is 2.80. The maximum Gasteiger partial charge on any atom is 0.204 e. The van der Waals surface area contributed by atoms with E-state index < -0.39 is 6.29 Å². The number of benzene rings is 2. The van der Waals surface area contributed by atoms with Crippen LogP contribution >= 0.6 is 0 Å². The van der Waals surface area contributed by atoms with Gasteiger partial charge in [-0.1, -0.05) is 18.2 Å². The summed E-state index contributed by atoms with van der Waals surface area (Å²) in [5.41, 5.74) is 1.85. The molecule has 0 saturated carbocycles. The average molecular weight is 258 g/mol. The maximum absolute atomic E-state index is 10.1. The number of aliphatic hydroxyl groups is 1. The summed E-state index contributed by atoms with van der Waals surface area (Å²) in [5.74, 6) is 0.648. The zero-order valence-corrected chi connectivity index (χ0v) is 10.2. The number of phenolic OH excluding ortho intramolecular Hbond substituents is 2. The van der Waals surface area contributed by atoms with Crippen molar-refractivity contribution in [3.05, 3.63) is 53.6 Å². The van der Waals surface area contributed by atoms with E-state index in [1.165, 1.54) is 6.07 Å². The Balaban J connectivity index is 1.93. The molecular weight excluding hydrogens is 244 g/mol. The van der Waals surface area contributed by atoms with Gasteiger partial charge >= 0.3 is 0 Å². The molecule has 2 aromatic carbocycles. The molecule has 0 aliphatic carbocycles. The Labute approximate surface area is 110 Å². The fourth-order valence-electron chi connectivity index (χ4n) is 2.38. The molecule has 0 saturated heterocycles. The zero-order valence-electron chi connectivity index (χ0n) is 10.2. The lowest BCUT2D eigenvalue weighted by Gasteiger charge is -2.30. The van der Waals surface area contributed by atoms with Crippen LogP contribution < -0.4 is 4.74 Å². The SMILES string of the molecule is Oc1ccc(C2Cc3ccc(O)cc3OC2O)cc1. The fraction of sp³-hybridized carbons (Fsp3) is 0.200. The van der Waals surface area contributed by atoms with Crippen LogP contribution in [0.1, 0.15) is 17.0 Å². The van der Waals surface area contributed by atoms with Gasteiger partial charge in [0.15, 0.2) is 0 Å². The molecule has 0 aromatic heterocycles. The lowest BCUT2D eigenvalue weighted by molar-refractivity contribution is -0.0481. The number of phenols is 2. The summed E-state index contributed by atoms with van der Waals surface area (Å²) in [6.45, 7) is 0. The predicted molar refractivity (Wildman–Crippen MR) is 69.3 cm³/mol. The van der Waals surface area contributed by atoms with Crippen LogP contribution in [0.25, 0.3) is 0 Å². The minimum atomic E-state index is -0.959. The standard InChI is InChI=1S/C15H14O4/c16-11-4-1-9(2-5-11)13-7-10-3-6-12(17)8-14(10)19-15(13)18/h1-6,8,13,15-18H,7H2. The van der Waals surface area contributed by atoms with Gasteiger partial charge in [-0.2, -0.15) is 0 Å². The highest BCUT2D eigenvalue weighted by atomic mass is 16.6. The molecule has 0 fully saturated rings. The number of ether oxygens (including phenoxy) is 1. The van der Waals surface area contributed by atoms with E-state index in [0.29, 0.717) is 12.2 Å². The highest BCUT2D eigenvalue weighted by molar-refractivity contribution is 5.43. The summed E-state index contributed by atoms with van der Waals surface area (Å²) in [6.07, 6.45) is -0.333. The zero-order chi connectivity index (χ0) is 13.4. The molecule has 4 heteroatoms. The number of aliphatic hydroxyl groups excluding tert-OH is 1. The van der Waals surface area contributed by atoms with Gasteiger partial charge in [-0.25, -0.2) is 0 Å². The van der Waals surface area contributed by atoms with E-state index in [-0.39, 0.29) is 17.4 Å². The molecule has 3 rings (SSSR count). The van der Waals surface area contributed by atoms with Crippen LogP contribution in [0.15, 0.2) is 42.5 Å². The van der Waals surface area contributed by atoms with Crippen molar-refractivity contribution in [2.75, 3.05) is 0 Å². The van der Waals surface area contributed by atoms with Crippen LogP contribution in [0.5, 0.6) is 17.2 Å². The topological polar surface area (TPSA) is 69.9 Å². The van der Waals surface area contributed by atoms with E-state index in [9.17, 15) is 15.3 Å². The third-order valence-electron chi connectivity index (χ3n) is 3.40. The first-order valence-electron chi connectivity index (χ1n) is 6.09. The van der Waals surface area contributed by atoms with Crippen molar-refractivity contribution in [1.29, 1.82) is 0 Å². The highest BCUT2D eigenvalue weighted by Gasteiger charge is 2.29. The van der Waals surface area contributed by atoms with Gasteiger partial charge < -0.3 is 20.1 Å². The number of rotatable bonds is 1. The van der Waals surface area contributed by atoms with Gasteiger partial charge in [0.05, 0.1) is 5.92 Å². The summed E-state index contributed by atoms with van der Waals surface area (Å²) in [4.78, 5) is 0. The number of fused-ring (bicyclic) bond motifs is 1. The van der Waals surface area contributed by atoms with Crippen LogP contribution in [-0.2, 0) is 6.42 Å². The van der Waals surface area contributed by atoms with Crippen LogP contribution in [-0.4, -0.2) is 21.6 Å². The van der Waals surface area contributed by atoms with Gasteiger partial charge in [-0.15, -0.1) is 0 Å². The molecule has 19 heavy (non-hydrogen) atoms. The molecule has 98 valence electrons. The van der Waals surface area contributed by atoms with E-state index in [1.54, 1.807) is 36.4 Å². The molecular formula is C15H14O4. The van der Waals surface area contributed by atoms with Crippen LogP contribution in [0.3, 0.4) is 0 Å². The summed E-state index contributed by atoms with van der Waals surface area (Å²) in [5, 5.41) is 28.7. The molecule has 1 heterocycles. The van der Waals surface area contributed by atoms with Crippen LogP contribution in [0.2, 0.25) is 0 Å². The first kappa shape index (κ1) is 11.9. The smallest absolute Gasteiger partial charge is 0.204 e. The number of hydrogen-bond acceptors (Lipinski definition) is 4. The molecule has 0 amide bonds. The van der Waals surface area contributed by atoms with E-state index in [2.05, 4.69) is 0 Å². The van der Waals surface area contributed by atoms with E-state index in [4.69, 9.17) is 4.74 Å². The molecule has 0 spiro atoms. The molecule has 1 aliphatic rings. The van der Waals surface area contributed by atoms with E-state index >= 15 is 0 Å². The van der Waals surface area contributed by atoms with Crippen molar-refractivity contribution >= 4 is 0 Å². The van der Waals surface area contributed by atoms with Gasteiger partial charge in [-0.3, -0.25) is 0 Å². The molecule has 4 nitrogen and oxygen atoms in total. The van der Waals surface area contributed by atoms with Crippen molar-refractivity contribution < 1.29 is 20.1 Å². The van der Waals surface area contributed by atoms with Crippen molar-refractivity contribution in [1.82, 2.24) is 0 Å². The molecule has 2 unspecified atom stereocenters. The molecule has 3 N–H and O–H groups in total. The minimum absolute atomic E-state index is 0.119. The van der Waals surface area contributed by atoms with Crippen molar-refractivity contribution in [2.24, 2.45) is 0 Å². The average Bonchev–Trinajstić information content (AvgIpc) is 2.39. The Morgan fingerprint density at radius 1 is 0.947 bits per heavy atom. The Bertz CT molecular complexity index is 592. The van der Waals surface area contributed by atoms with Crippen molar-refractivity contribution in [2.45, 2.75) is 18.6 Å². The monoisotopic (exact) mass is 258 g/mol. The summed E-state index contributed by atoms with van der Waals surface area (Å²) in [6, 6.07) is 11.6. The quantitative estimate of drug-likeness (QED) is 0.733. The molecule has 2 atom stereocenters. The number of hydrogen-bond donors (Lipinski definition) is 3. The van der Waals surface area contributed by atoms with E-state index in [0.717, 1.165) is 11.1 Å². The van der Waals surface area contributed by atoms with Crippen LogP contribution in [0, 0.1) is 0 Å². The van der Waals surface area contributed by atoms with E-state index in [1.807, 2.05) is 0 Å². The predicted octanol–water partition coefficient (Wildman–Crippen LogP) is 2.13. The van der Waals surface area contributed by atoms with Gasteiger partial charge in [0, 0.05) is 6.07 Å². The normalized spacial score (nSPS) is 21.5. The third kappa shape index (κ3) is 2.22. The minimum Gasteiger partial charge on any atom is -0.508 e. The fourth-order valence-corrected chi connectivity index (χ4v) is 2.38. The van der Waals surface area contributed by atoms with Crippen LogP contribution in [0.4, 0.5) is 0 Å². The summed E-state index contributed by atoms with van der Waals surface area (Å²) < 4.78 is 5.44. The van der Waals surface area contributed by atoms with Crippen molar-refractivity contribution in [3.63, 3.8) is 0 Å². The second-order valence-electron chi connectivity index (χ2n) is 4.70. The summed E-state index contributed by atoms with van der Waals surface area (Å²) in [7, 11) is 0. The lowest BCUT2D eigenvalue weighted by Crippen LogP contribution is -2.30. The number of aromatic hydroxyl groups is 2. The first-order chi connectivity index (χ1) is 9.13. The second kappa shape index (κ2) is 4.48. The Morgan fingerprint density at radius 2 is 1.63 bits per heavy atom. The largest absolute Gasteiger partial charge is 0.508 e. The van der Waals surface area contributed by atoms with Gasteiger partial charge in [0.2, 0.25) is 6.29 Å². The maximum atomic E-state index is 10.1. The second-order valence-corrected chi connectivity index (χ2v) is 4.70.